The molecule has 0 spiro atoms. The maximum Gasteiger partial charge on any atom is 0.290 e. The van der Waals surface area contributed by atoms with Crippen molar-refractivity contribution in [3.05, 3.63) is 75.1 Å². The molecule has 31 heavy (non-hydrogen) atoms. The van der Waals surface area contributed by atoms with Gasteiger partial charge in [0.05, 0.1) is 24.1 Å². The Balaban J connectivity index is 1.90. The second kappa shape index (κ2) is 8.19. The zero-order valence-corrected chi connectivity index (χ0v) is 18.6. The third-order valence-corrected chi connectivity index (χ3v) is 5.88. The van der Waals surface area contributed by atoms with E-state index in [1.54, 1.807) is 30.2 Å². The summed E-state index contributed by atoms with van der Waals surface area (Å²) in [4.78, 5) is 30.6. The molecule has 6 nitrogen and oxygen atoms in total. The molecule has 1 unspecified atom stereocenters. The van der Waals surface area contributed by atoms with Gasteiger partial charge in [0, 0.05) is 19.2 Å². The normalized spacial score (nSPS) is 15.9. The second-order valence-electron chi connectivity index (χ2n) is 8.56. The van der Waals surface area contributed by atoms with E-state index in [0.717, 1.165) is 5.56 Å². The lowest BCUT2D eigenvalue weighted by Crippen LogP contribution is -2.35. The van der Waals surface area contributed by atoms with Crippen molar-refractivity contribution < 1.29 is 13.9 Å². The van der Waals surface area contributed by atoms with Crippen LogP contribution in [-0.2, 0) is 0 Å². The lowest BCUT2D eigenvalue weighted by atomic mass is 9.95. The fourth-order valence-corrected chi connectivity index (χ4v) is 4.07. The lowest BCUT2D eigenvalue weighted by Gasteiger charge is -2.26. The van der Waals surface area contributed by atoms with E-state index >= 15 is 0 Å². The van der Waals surface area contributed by atoms with E-state index in [0.29, 0.717) is 41.3 Å². The monoisotopic (exact) mass is 420 g/mol. The fraction of sp³-hybridized carbons (Fsp3) is 0.360. The van der Waals surface area contributed by atoms with Crippen molar-refractivity contribution in [3.8, 4) is 5.75 Å². The van der Waals surface area contributed by atoms with Gasteiger partial charge in [-0.1, -0.05) is 38.1 Å². The highest BCUT2D eigenvalue weighted by molar-refractivity contribution is 5.99. The zero-order valence-electron chi connectivity index (χ0n) is 18.6. The fourth-order valence-electron chi connectivity index (χ4n) is 4.07. The van der Waals surface area contributed by atoms with Crippen LogP contribution in [0.25, 0.3) is 11.0 Å². The zero-order chi connectivity index (χ0) is 22.3. The molecule has 1 amide bonds. The van der Waals surface area contributed by atoms with Crippen molar-refractivity contribution in [2.75, 3.05) is 34.3 Å². The Morgan fingerprint density at radius 1 is 1.10 bits per heavy atom. The van der Waals surface area contributed by atoms with Crippen molar-refractivity contribution in [2.45, 2.75) is 25.8 Å². The van der Waals surface area contributed by atoms with E-state index in [1.807, 2.05) is 31.1 Å². The smallest absolute Gasteiger partial charge is 0.290 e. The van der Waals surface area contributed by atoms with Gasteiger partial charge in [0.15, 0.2) is 5.43 Å². The van der Waals surface area contributed by atoms with Crippen LogP contribution < -0.4 is 10.2 Å². The number of ether oxygens (including phenoxy) is 1. The summed E-state index contributed by atoms with van der Waals surface area (Å²) in [5.41, 5.74) is 2.73. The Morgan fingerprint density at radius 3 is 2.42 bits per heavy atom. The number of carbonyl (C=O) groups excluding carboxylic acids is 1. The summed E-state index contributed by atoms with van der Waals surface area (Å²) in [6.07, 6.45) is 0. The molecule has 0 aliphatic carbocycles. The number of methoxy groups -OCH3 is 1. The van der Waals surface area contributed by atoms with Gasteiger partial charge in [0.2, 0.25) is 5.76 Å². The summed E-state index contributed by atoms with van der Waals surface area (Å²) in [6, 6.07) is 12.8. The molecule has 6 heteroatoms. The van der Waals surface area contributed by atoms with Gasteiger partial charge < -0.3 is 19.0 Å². The first-order valence-corrected chi connectivity index (χ1v) is 10.5. The maximum atomic E-state index is 13.5. The number of carbonyl (C=O) groups is 1. The molecule has 2 aromatic carbocycles. The Labute approximate surface area is 182 Å². The molecule has 2 heterocycles. The quantitative estimate of drug-likeness (QED) is 0.602. The molecule has 0 fully saturated rings. The number of nitrogens with zero attached hydrogens (tertiary/aromatic N) is 2. The molecule has 0 saturated carbocycles. The van der Waals surface area contributed by atoms with E-state index in [9.17, 15) is 9.59 Å². The van der Waals surface area contributed by atoms with E-state index in [-0.39, 0.29) is 17.1 Å². The van der Waals surface area contributed by atoms with Crippen molar-refractivity contribution in [1.29, 1.82) is 0 Å². The summed E-state index contributed by atoms with van der Waals surface area (Å²) >= 11 is 0. The van der Waals surface area contributed by atoms with Gasteiger partial charge in [0.1, 0.15) is 11.3 Å². The van der Waals surface area contributed by atoms with Crippen LogP contribution in [0.15, 0.2) is 51.7 Å². The van der Waals surface area contributed by atoms with E-state index in [4.69, 9.17) is 9.15 Å². The molecule has 1 aliphatic heterocycles. The standard InChI is InChI=1S/C25H28N2O4/c1-15(2)16-6-8-17(9-7-16)22-21-23(28)19-11-10-18(30-5)14-20(19)31-24(21)25(29)27(22)13-12-26(3)4/h6-11,14-15,22H,12-13H2,1-5H3. The Kier molecular flexibility index (Phi) is 5.58. The molecule has 1 aliphatic rings. The molecule has 1 atom stereocenters. The minimum Gasteiger partial charge on any atom is -0.497 e. The molecular formula is C25H28N2O4. The highest BCUT2D eigenvalue weighted by Crippen LogP contribution is 2.38. The number of amides is 1. The van der Waals surface area contributed by atoms with Gasteiger partial charge in [-0.05, 0) is 43.3 Å². The van der Waals surface area contributed by atoms with E-state index < -0.39 is 6.04 Å². The Bertz CT molecular complexity index is 1180. The first-order chi connectivity index (χ1) is 14.8. The highest BCUT2D eigenvalue weighted by atomic mass is 16.5. The van der Waals surface area contributed by atoms with E-state index in [1.165, 1.54) is 5.56 Å². The molecule has 4 rings (SSSR count). The summed E-state index contributed by atoms with van der Waals surface area (Å²) in [5.74, 6) is 0.853. The molecule has 0 bridgehead atoms. The first-order valence-electron chi connectivity index (χ1n) is 10.5. The van der Waals surface area contributed by atoms with Crippen LogP contribution >= 0.6 is 0 Å². The van der Waals surface area contributed by atoms with Gasteiger partial charge >= 0.3 is 0 Å². The number of rotatable bonds is 6. The summed E-state index contributed by atoms with van der Waals surface area (Å²) in [7, 11) is 5.48. The summed E-state index contributed by atoms with van der Waals surface area (Å²) in [5, 5.41) is 0.450. The van der Waals surface area contributed by atoms with Crippen LogP contribution in [-0.4, -0.2) is 50.0 Å². The predicted octanol–water partition coefficient (Wildman–Crippen LogP) is 4.03. The topological polar surface area (TPSA) is 63.0 Å². The SMILES string of the molecule is COc1ccc2c(=O)c3c(oc2c1)C(=O)N(CCN(C)C)C3c1ccc(C(C)C)cc1. The van der Waals surface area contributed by atoms with Crippen LogP contribution in [0.2, 0.25) is 0 Å². The van der Waals surface area contributed by atoms with Gasteiger partial charge in [0.25, 0.3) is 5.91 Å². The number of benzene rings is 2. The largest absolute Gasteiger partial charge is 0.497 e. The predicted molar refractivity (Wildman–Crippen MR) is 121 cm³/mol. The third-order valence-electron chi connectivity index (χ3n) is 5.88. The Hall–Kier alpha value is -3.12. The number of fused-ring (bicyclic) bond motifs is 2. The average molecular weight is 421 g/mol. The third kappa shape index (κ3) is 3.72. The van der Waals surface area contributed by atoms with Crippen molar-refractivity contribution in [3.63, 3.8) is 0 Å². The molecular weight excluding hydrogens is 392 g/mol. The van der Waals surface area contributed by atoms with Crippen LogP contribution in [0.4, 0.5) is 0 Å². The Morgan fingerprint density at radius 2 is 1.81 bits per heavy atom. The molecule has 3 aromatic rings. The summed E-state index contributed by atoms with van der Waals surface area (Å²) in [6.45, 7) is 5.46. The first kappa shape index (κ1) is 21.1. The minimum atomic E-state index is -0.466. The molecule has 0 saturated heterocycles. The number of hydrogen-bond donors (Lipinski definition) is 0. The van der Waals surface area contributed by atoms with Gasteiger partial charge in [-0.15, -0.1) is 0 Å². The lowest BCUT2D eigenvalue weighted by molar-refractivity contribution is 0.0716. The molecule has 0 N–H and O–H groups in total. The number of hydrogen-bond acceptors (Lipinski definition) is 5. The van der Waals surface area contributed by atoms with Gasteiger partial charge in [-0.3, -0.25) is 9.59 Å². The van der Waals surface area contributed by atoms with E-state index in [2.05, 4.69) is 26.0 Å². The molecule has 1 aromatic heterocycles. The van der Waals surface area contributed by atoms with Gasteiger partial charge in [-0.2, -0.15) is 0 Å². The van der Waals surface area contributed by atoms with Crippen molar-refractivity contribution in [1.82, 2.24) is 9.80 Å². The van der Waals surface area contributed by atoms with Crippen molar-refractivity contribution in [2.24, 2.45) is 0 Å². The average Bonchev–Trinajstić information content (AvgIpc) is 3.04. The molecule has 0 radical (unpaired) electrons. The van der Waals surface area contributed by atoms with Crippen LogP contribution in [0, 0.1) is 0 Å². The minimum absolute atomic E-state index is 0.127. The van der Waals surface area contributed by atoms with Crippen LogP contribution in [0.5, 0.6) is 5.75 Å². The van der Waals surface area contributed by atoms with Gasteiger partial charge in [-0.25, -0.2) is 0 Å². The van der Waals surface area contributed by atoms with Crippen molar-refractivity contribution >= 4 is 16.9 Å². The van der Waals surface area contributed by atoms with Crippen LogP contribution in [0.3, 0.4) is 0 Å². The highest BCUT2D eigenvalue weighted by Gasteiger charge is 2.42. The second-order valence-corrected chi connectivity index (χ2v) is 8.56. The molecule has 162 valence electrons. The number of likely N-dealkylation sites (N-methyl/N-ethyl adjacent to an activating group) is 1. The van der Waals surface area contributed by atoms with Crippen LogP contribution in [0.1, 0.15) is 53.1 Å². The summed E-state index contributed by atoms with van der Waals surface area (Å²) < 4.78 is 11.3. The maximum absolute atomic E-state index is 13.5.